The van der Waals surface area contributed by atoms with Gasteiger partial charge in [0.1, 0.15) is 0 Å². The molecule has 1 aromatic carbocycles. The van der Waals surface area contributed by atoms with Crippen molar-refractivity contribution in [1.29, 1.82) is 0 Å². The lowest BCUT2D eigenvalue weighted by Gasteiger charge is -2.37. The van der Waals surface area contributed by atoms with E-state index in [1.807, 2.05) is 52.0 Å². The average molecular weight is 338 g/mol. The predicted octanol–water partition coefficient (Wildman–Crippen LogP) is 2.02. The number of piperazine rings is 1. The second-order valence-electron chi connectivity index (χ2n) is 7.19. The molecule has 0 aromatic heterocycles. The normalized spacial score (nSPS) is 17.3. The van der Waals surface area contributed by atoms with Crippen LogP contribution in [-0.2, 0) is 20.6 Å². The summed E-state index contributed by atoms with van der Waals surface area (Å²) < 4.78 is 26.6. The largest absolute Gasteiger partial charge is 0.340 e. The lowest BCUT2D eigenvalue weighted by Crippen LogP contribution is -2.53. The van der Waals surface area contributed by atoms with Crippen LogP contribution in [-0.4, -0.2) is 49.7 Å². The van der Waals surface area contributed by atoms with Gasteiger partial charge in [-0.2, -0.15) is 4.31 Å². The Bertz CT molecular complexity index is 669. The minimum absolute atomic E-state index is 0.0158. The summed E-state index contributed by atoms with van der Waals surface area (Å²) in [6.07, 6.45) is 0. The highest BCUT2D eigenvalue weighted by atomic mass is 32.2. The molecule has 5 nitrogen and oxygen atoms in total. The first kappa shape index (κ1) is 17.9. The van der Waals surface area contributed by atoms with E-state index in [2.05, 4.69) is 0 Å². The fourth-order valence-corrected chi connectivity index (χ4v) is 4.25. The van der Waals surface area contributed by atoms with Gasteiger partial charge < -0.3 is 4.90 Å². The third kappa shape index (κ3) is 4.54. The Hall–Kier alpha value is -1.40. The van der Waals surface area contributed by atoms with E-state index in [4.69, 9.17) is 0 Å². The summed E-state index contributed by atoms with van der Waals surface area (Å²) in [4.78, 5) is 14.0. The molecule has 1 heterocycles. The number of carbonyl (C=O) groups excluding carboxylic acids is 1. The summed E-state index contributed by atoms with van der Waals surface area (Å²) in [7, 11) is -3.34. The zero-order chi connectivity index (χ0) is 17.3. The van der Waals surface area contributed by atoms with Crippen LogP contribution in [0.5, 0.6) is 0 Å². The molecular formula is C17H26N2O3S. The van der Waals surface area contributed by atoms with Gasteiger partial charge in [0.05, 0.1) is 5.75 Å². The van der Waals surface area contributed by atoms with Gasteiger partial charge >= 0.3 is 0 Å². The molecule has 1 aliphatic rings. The van der Waals surface area contributed by atoms with Crippen molar-refractivity contribution in [2.45, 2.75) is 33.4 Å². The number of hydrogen-bond acceptors (Lipinski definition) is 3. The maximum Gasteiger partial charge on any atom is 0.228 e. The summed E-state index contributed by atoms with van der Waals surface area (Å²) >= 11 is 0. The third-order valence-electron chi connectivity index (χ3n) is 3.99. The third-order valence-corrected chi connectivity index (χ3v) is 5.84. The molecule has 0 unspecified atom stereocenters. The van der Waals surface area contributed by atoms with Crippen molar-refractivity contribution in [3.63, 3.8) is 0 Å². The highest BCUT2D eigenvalue weighted by Gasteiger charge is 2.33. The molecule has 1 aliphatic heterocycles. The molecule has 2 rings (SSSR count). The van der Waals surface area contributed by atoms with Crippen molar-refractivity contribution < 1.29 is 13.2 Å². The number of aryl methyl sites for hydroxylation is 1. The number of rotatable bonds is 3. The van der Waals surface area contributed by atoms with Gasteiger partial charge in [-0.1, -0.05) is 50.6 Å². The number of hydrogen-bond donors (Lipinski definition) is 0. The van der Waals surface area contributed by atoms with Crippen LogP contribution < -0.4 is 0 Å². The van der Waals surface area contributed by atoms with E-state index >= 15 is 0 Å². The molecule has 0 radical (unpaired) electrons. The van der Waals surface area contributed by atoms with Crippen molar-refractivity contribution in [2.24, 2.45) is 5.41 Å². The fraction of sp³-hybridized carbons (Fsp3) is 0.588. The van der Waals surface area contributed by atoms with E-state index in [-0.39, 0.29) is 11.7 Å². The van der Waals surface area contributed by atoms with Gasteiger partial charge in [-0.05, 0) is 12.5 Å². The van der Waals surface area contributed by atoms with Crippen LogP contribution in [0.25, 0.3) is 0 Å². The summed E-state index contributed by atoms with van der Waals surface area (Å²) in [6.45, 7) is 9.27. The first-order valence-electron chi connectivity index (χ1n) is 7.92. The smallest absolute Gasteiger partial charge is 0.228 e. The highest BCUT2D eigenvalue weighted by molar-refractivity contribution is 7.88. The van der Waals surface area contributed by atoms with Gasteiger partial charge in [-0.25, -0.2) is 8.42 Å². The van der Waals surface area contributed by atoms with Gasteiger partial charge in [0.25, 0.3) is 0 Å². The Morgan fingerprint density at radius 2 is 1.74 bits per heavy atom. The SMILES string of the molecule is Cc1cccc(CS(=O)(=O)N2CCN(C(=O)C(C)(C)C)CC2)c1. The Balaban J connectivity index is 2.00. The van der Waals surface area contributed by atoms with E-state index in [9.17, 15) is 13.2 Å². The number of amides is 1. The van der Waals surface area contributed by atoms with Crippen LogP contribution in [0.15, 0.2) is 24.3 Å². The van der Waals surface area contributed by atoms with Gasteiger partial charge in [0.2, 0.25) is 15.9 Å². The summed E-state index contributed by atoms with van der Waals surface area (Å²) in [6, 6.07) is 7.56. The molecule has 128 valence electrons. The number of benzene rings is 1. The molecule has 0 bridgehead atoms. The molecule has 0 N–H and O–H groups in total. The van der Waals surface area contributed by atoms with Crippen molar-refractivity contribution >= 4 is 15.9 Å². The topological polar surface area (TPSA) is 57.7 Å². The molecule has 1 saturated heterocycles. The van der Waals surface area contributed by atoms with E-state index in [1.165, 1.54) is 4.31 Å². The van der Waals surface area contributed by atoms with Crippen molar-refractivity contribution in [2.75, 3.05) is 26.2 Å². The van der Waals surface area contributed by atoms with Crippen LogP contribution in [0.4, 0.5) is 0 Å². The van der Waals surface area contributed by atoms with Crippen LogP contribution in [0.1, 0.15) is 31.9 Å². The Morgan fingerprint density at radius 3 is 2.26 bits per heavy atom. The zero-order valence-electron chi connectivity index (χ0n) is 14.4. The molecule has 0 aliphatic carbocycles. The molecular weight excluding hydrogens is 312 g/mol. The zero-order valence-corrected chi connectivity index (χ0v) is 15.2. The van der Waals surface area contributed by atoms with Crippen LogP contribution >= 0.6 is 0 Å². The van der Waals surface area contributed by atoms with Crippen LogP contribution in [0, 0.1) is 12.3 Å². The number of nitrogens with zero attached hydrogens (tertiary/aromatic N) is 2. The van der Waals surface area contributed by atoms with Crippen molar-refractivity contribution in [1.82, 2.24) is 9.21 Å². The minimum Gasteiger partial charge on any atom is -0.340 e. The standard InChI is InChI=1S/C17H26N2O3S/c1-14-6-5-7-15(12-14)13-23(21,22)19-10-8-18(9-11-19)16(20)17(2,3)4/h5-7,12H,8-11,13H2,1-4H3. The Morgan fingerprint density at radius 1 is 1.13 bits per heavy atom. The molecule has 1 aromatic rings. The van der Waals surface area contributed by atoms with E-state index in [1.54, 1.807) is 4.90 Å². The summed E-state index contributed by atoms with van der Waals surface area (Å²) in [5.74, 6) is 0.0928. The highest BCUT2D eigenvalue weighted by Crippen LogP contribution is 2.20. The first-order valence-corrected chi connectivity index (χ1v) is 9.53. The lowest BCUT2D eigenvalue weighted by atomic mass is 9.94. The molecule has 0 saturated carbocycles. The Labute approximate surface area is 139 Å². The van der Waals surface area contributed by atoms with Gasteiger partial charge in [-0.15, -0.1) is 0 Å². The van der Waals surface area contributed by atoms with E-state index in [0.717, 1.165) is 11.1 Å². The maximum atomic E-state index is 12.6. The fourth-order valence-electron chi connectivity index (χ4n) is 2.75. The van der Waals surface area contributed by atoms with E-state index < -0.39 is 15.4 Å². The molecule has 1 fully saturated rings. The number of sulfonamides is 1. The quantitative estimate of drug-likeness (QED) is 0.847. The van der Waals surface area contributed by atoms with Crippen molar-refractivity contribution in [3.8, 4) is 0 Å². The van der Waals surface area contributed by atoms with Crippen molar-refractivity contribution in [3.05, 3.63) is 35.4 Å². The number of carbonyl (C=O) groups is 1. The van der Waals surface area contributed by atoms with E-state index in [0.29, 0.717) is 26.2 Å². The van der Waals surface area contributed by atoms with Gasteiger partial charge in [0, 0.05) is 31.6 Å². The molecule has 1 amide bonds. The Kier molecular flexibility index (Phi) is 5.16. The molecule has 23 heavy (non-hydrogen) atoms. The van der Waals surface area contributed by atoms with Gasteiger partial charge in [0.15, 0.2) is 0 Å². The first-order chi connectivity index (χ1) is 10.6. The monoisotopic (exact) mass is 338 g/mol. The maximum absolute atomic E-state index is 12.6. The second-order valence-corrected chi connectivity index (χ2v) is 9.16. The average Bonchev–Trinajstić information content (AvgIpc) is 2.45. The predicted molar refractivity (Wildman–Crippen MR) is 91.4 cm³/mol. The molecule has 0 spiro atoms. The second kappa shape index (κ2) is 6.61. The van der Waals surface area contributed by atoms with Crippen LogP contribution in [0.3, 0.4) is 0 Å². The minimum atomic E-state index is -3.34. The van der Waals surface area contributed by atoms with Crippen LogP contribution in [0.2, 0.25) is 0 Å². The summed E-state index contributed by atoms with van der Waals surface area (Å²) in [5.41, 5.74) is 1.43. The molecule has 6 heteroatoms. The molecule has 0 atom stereocenters. The van der Waals surface area contributed by atoms with Gasteiger partial charge in [-0.3, -0.25) is 4.79 Å². The summed E-state index contributed by atoms with van der Waals surface area (Å²) in [5, 5.41) is 0. The lowest BCUT2D eigenvalue weighted by molar-refractivity contribution is -0.140.